The number of nitrogens with one attached hydrogen (secondary N) is 1. The summed E-state index contributed by atoms with van der Waals surface area (Å²) in [5, 5.41) is 2.64. The van der Waals surface area contributed by atoms with Gasteiger partial charge in [-0.3, -0.25) is 9.69 Å². The van der Waals surface area contributed by atoms with Gasteiger partial charge >= 0.3 is 6.09 Å². The van der Waals surface area contributed by atoms with Gasteiger partial charge in [-0.1, -0.05) is 42.9 Å². The number of cyclic esters (lactones) is 1. The Hall–Kier alpha value is -2.96. The molecule has 2 unspecified atom stereocenters. The van der Waals surface area contributed by atoms with Crippen LogP contribution >= 0.6 is 0 Å². The molecule has 1 aliphatic heterocycles. The normalized spacial score (nSPS) is 21.4. The highest BCUT2D eigenvalue weighted by atomic mass is 19.1. The molecule has 0 bridgehead atoms. The maximum Gasteiger partial charge on any atom is 0.414 e. The summed E-state index contributed by atoms with van der Waals surface area (Å²) in [4.78, 5) is 24.6. The molecule has 1 heterocycles. The minimum absolute atomic E-state index is 0.0707. The third kappa shape index (κ3) is 4.30. The lowest BCUT2D eigenvalue weighted by Crippen LogP contribution is -2.34. The van der Waals surface area contributed by atoms with E-state index in [1.165, 1.54) is 4.90 Å². The van der Waals surface area contributed by atoms with E-state index in [4.69, 9.17) is 4.74 Å². The molecule has 1 aliphatic carbocycles. The van der Waals surface area contributed by atoms with E-state index in [2.05, 4.69) is 5.32 Å². The van der Waals surface area contributed by atoms with Gasteiger partial charge in [-0.15, -0.1) is 0 Å². The lowest BCUT2D eigenvalue weighted by molar-refractivity contribution is -0.121. The van der Waals surface area contributed by atoms with Gasteiger partial charge in [0.2, 0.25) is 5.91 Å². The fraction of sp³-hybridized carbons (Fsp3) is 0.333. The summed E-state index contributed by atoms with van der Waals surface area (Å²) in [6, 6.07) is 2.28. The van der Waals surface area contributed by atoms with E-state index in [1.807, 2.05) is 19.1 Å². The van der Waals surface area contributed by atoms with Crippen molar-refractivity contribution in [3.05, 3.63) is 65.3 Å². The molecule has 1 saturated heterocycles. The molecule has 1 N–H and O–H groups in total. The summed E-state index contributed by atoms with van der Waals surface area (Å²) < 4.78 is 34.7. The summed E-state index contributed by atoms with van der Waals surface area (Å²) in [5.41, 5.74) is 1.000. The topological polar surface area (TPSA) is 58.6 Å². The lowest BCUT2D eigenvalue weighted by atomic mass is 9.96. The molecule has 0 radical (unpaired) electrons. The highest BCUT2D eigenvalue weighted by Crippen LogP contribution is 2.32. The number of amides is 2. The molecule has 0 spiro atoms. The Bertz CT molecular complexity index is 853. The number of carbonyl (C=O) groups excluding carboxylic acids is 2. The van der Waals surface area contributed by atoms with Crippen molar-refractivity contribution < 1.29 is 23.1 Å². The van der Waals surface area contributed by atoms with Crippen molar-refractivity contribution in [3.63, 3.8) is 0 Å². The second-order valence-electron chi connectivity index (χ2n) is 6.78. The van der Waals surface area contributed by atoms with Gasteiger partial charge in [-0.2, -0.15) is 0 Å². The molecule has 0 saturated carbocycles. The first-order valence-corrected chi connectivity index (χ1v) is 9.16. The SMILES string of the molecule is CCC(=O)NCC1CN(c2cc(F)c(C3C=CC=C(C)C=C3)c(F)c2)C(=O)O1. The molecule has 0 aromatic heterocycles. The van der Waals surface area contributed by atoms with Crippen LogP contribution in [0, 0.1) is 11.6 Å². The van der Waals surface area contributed by atoms with Crippen LogP contribution in [0.5, 0.6) is 0 Å². The van der Waals surface area contributed by atoms with Crippen LogP contribution < -0.4 is 10.2 Å². The van der Waals surface area contributed by atoms with Gasteiger partial charge in [-0.25, -0.2) is 13.6 Å². The van der Waals surface area contributed by atoms with Gasteiger partial charge in [0.15, 0.2) is 0 Å². The Morgan fingerprint density at radius 1 is 1.29 bits per heavy atom. The van der Waals surface area contributed by atoms with Crippen LogP contribution in [0.1, 0.15) is 31.7 Å². The fourth-order valence-corrected chi connectivity index (χ4v) is 3.13. The van der Waals surface area contributed by atoms with Crippen molar-refractivity contribution in [2.24, 2.45) is 0 Å². The van der Waals surface area contributed by atoms with E-state index in [9.17, 15) is 18.4 Å². The number of benzene rings is 1. The van der Waals surface area contributed by atoms with Crippen LogP contribution in [0.15, 0.2) is 48.1 Å². The monoisotopic (exact) mass is 388 g/mol. The number of carbonyl (C=O) groups is 2. The number of nitrogens with zero attached hydrogens (tertiary/aromatic N) is 1. The maximum atomic E-state index is 14.7. The third-order valence-corrected chi connectivity index (χ3v) is 4.67. The fourth-order valence-electron chi connectivity index (χ4n) is 3.13. The molecule has 1 aromatic rings. The van der Waals surface area contributed by atoms with Crippen molar-refractivity contribution in [1.29, 1.82) is 0 Å². The Balaban J connectivity index is 1.78. The highest BCUT2D eigenvalue weighted by Gasteiger charge is 2.33. The van der Waals surface area contributed by atoms with E-state index in [0.717, 1.165) is 17.7 Å². The number of rotatable bonds is 5. The number of allylic oxidation sites excluding steroid dienone is 6. The second kappa shape index (κ2) is 8.37. The Labute approximate surface area is 162 Å². The molecule has 28 heavy (non-hydrogen) atoms. The summed E-state index contributed by atoms with van der Waals surface area (Å²) in [7, 11) is 0. The van der Waals surface area contributed by atoms with Gasteiger partial charge in [-0.05, 0) is 19.1 Å². The summed E-state index contributed by atoms with van der Waals surface area (Å²) in [6.45, 7) is 3.87. The number of ether oxygens (including phenoxy) is 1. The lowest BCUT2D eigenvalue weighted by Gasteiger charge is -2.17. The Kier molecular flexibility index (Phi) is 5.92. The van der Waals surface area contributed by atoms with E-state index in [-0.39, 0.29) is 30.2 Å². The molecular formula is C21H22F2N2O3. The van der Waals surface area contributed by atoms with Gasteiger partial charge in [0, 0.05) is 17.9 Å². The third-order valence-electron chi connectivity index (χ3n) is 4.67. The van der Waals surface area contributed by atoms with Crippen LogP contribution in [0.4, 0.5) is 19.3 Å². The molecule has 1 aromatic carbocycles. The van der Waals surface area contributed by atoms with Crippen molar-refractivity contribution in [2.45, 2.75) is 32.3 Å². The molecular weight excluding hydrogens is 366 g/mol. The zero-order chi connectivity index (χ0) is 20.3. The van der Waals surface area contributed by atoms with Crippen LogP contribution in [0.2, 0.25) is 0 Å². The van der Waals surface area contributed by atoms with E-state index in [0.29, 0.717) is 6.42 Å². The first-order valence-electron chi connectivity index (χ1n) is 9.16. The minimum Gasteiger partial charge on any atom is -0.442 e. The Morgan fingerprint density at radius 3 is 2.68 bits per heavy atom. The van der Waals surface area contributed by atoms with Crippen LogP contribution in [0.3, 0.4) is 0 Å². The molecule has 2 amide bonds. The molecule has 2 aliphatic rings. The zero-order valence-corrected chi connectivity index (χ0v) is 15.7. The first-order chi connectivity index (χ1) is 13.4. The van der Waals surface area contributed by atoms with E-state index in [1.54, 1.807) is 25.2 Å². The van der Waals surface area contributed by atoms with Gasteiger partial charge in [0.1, 0.15) is 17.7 Å². The molecule has 3 rings (SSSR count). The van der Waals surface area contributed by atoms with Crippen molar-refractivity contribution in [1.82, 2.24) is 5.32 Å². The molecule has 7 heteroatoms. The summed E-state index contributed by atoms with van der Waals surface area (Å²) >= 11 is 0. The molecule has 1 fully saturated rings. The second-order valence-corrected chi connectivity index (χ2v) is 6.78. The average Bonchev–Trinajstić information content (AvgIpc) is 2.90. The number of halogens is 2. The highest BCUT2D eigenvalue weighted by molar-refractivity contribution is 5.90. The summed E-state index contributed by atoms with van der Waals surface area (Å²) in [5.74, 6) is -2.16. The molecule has 148 valence electrons. The zero-order valence-electron chi connectivity index (χ0n) is 15.7. The summed E-state index contributed by atoms with van der Waals surface area (Å²) in [6.07, 6.45) is 7.92. The Morgan fingerprint density at radius 2 is 2.00 bits per heavy atom. The van der Waals surface area contributed by atoms with Gasteiger partial charge in [0.05, 0.1) is 18.8 Å². The standard InChI is InChI=1S/C21H22F2N2O3/c1-3-19(26)24-11-16-12-25(21(27)28-16)15-9-17(22)20(18(23)10-15)14-6-4-5-13(2)7-8-14/h4-10,14,16H,3,11-12H2,1-2H3,(H,24,26). The maximum absolute atomic E-state index is 14.7. The average molecular weight is 388 g/mol. The first kappa shape index (κ1) is 19.8. The largest absolute Gasteiger partial charge is 0.442 e. The van der Waals surface area contributed by atoms with E-state index >= 15 is 0 Å². The van der Waals surface area contributed by atoms with Crippen molar-refractivity contribution in [2.75, 3.05) is 18.0 Å². The van der Waals surface area contributed by atoms with Gasteiger partial charge in [0.25, 0.3) is 0 Å². The predicted molar refractivity (Wildman–Crippen MR) is 102 cm³/mol. The number of hydrogen-bond donors (Lipinski definition) is 1. The molecule has 2 atom stereocenters. The number of anilines is 1. The van der Waals surface area contributed by atoms with Crippen LogP contribution in [0.25, 0.3) is 0 Å². The predicted octanol–water partition coefficient (Wildman–Crippen LogP) is 3.97. The van der Waals surface area contributed by atoms with Crippen LogP contribution in [-0.4, -0.2) is 31.2 Å². The van der Waals surface area contributed by atoms with E-state index < -0.39 is 29.7 Å². The number of hydrogen-bond acceptors (Lipinski definition) is 3. The van der Waals surface area contributed by atoms with Crippen LogP contribution in [-0.2, 0) is 9.53 Å². The molecule has 5 nitrogen and oxygen atoms in total. The van der Waals surface area contributed by atoms with Crippen molar-refractivity contribution in [3.8, 4) is 0 Å². The van der Waals surface area contributed by atoms with Crippen molar-refractivity contribution >= 4 is 17.7 Å². The minimum atomic E-state index is -0.732. The smallest absolute Gasteiger partial charge is 0.414 e. The quantitative estimate of drug-likeness (QED) is 0.830. The van der Waals surface area contributed by atoms with Gasteiger partial charge < -0.3 is 10.1 Å².